The van der Waals surface area contributed by atoms with Gasteiger partial charge in [0.2, 0.25) is 5.91 Å². The van der Waals surface area contributed by atoms with E-state index in [1.807, 2.05) is 0 Å². The molecule has 0 aliphatic carbocycles. The van der Waals surface area contributed by atoms with E-state index in [4.69, 9.17) is 9.15 Å². The topological polar surface area (TPSA) is 122 Å². The number of carbonyl (C=O) groups excluding carboxylic acids is 3. The van der Waals surface area contributed by atoms with Crippen LogP contribution in [0, 0.1) is 0 Å². The molecular formula is C24H26N4O5. The molecule has 0 atom stereocenters. The van der Waals surface area contributed by atoms with Crippen molar-refractivity contribution in [3.8, 4) is 0 Å². The molecule has 0 fully saturated rings. The third-order valence-corrected chi connectivity index (χ3v) is 4.63. The average Bonchev–Trinajstić information content (AvgIpc) is 3.36. The Morgan fingerprint density at radius 3 is 2.09 bits per heavy atom. The van der Waals surface area contributed by atoms with Crippen LogP contribution in [0.1, 0.15) is 26.5 Å². The van der Waals surface area contributed by atoms with Gasteiger partial charge in [0.1, 0.15) is 5.76 Å². The number of furan rings is 1. The Balaban J connectivity index is 1.42. The van der Waals surface area contributed by atoms with Gasteiger partial charge in [0.15, 0.2) is 0 Å². The summed E-state index contributed by atoms with van der Waals surface area (Å²) in [5.74, 6) is 0.00215. The molecule has 9 nitrogen and oxygen atoms in total. The molecule has 0 unspecified atom stereocenters. The Hall–Kier alpha value is -4.11. The smallest absolute Gasteiger partial charge is 0.251 e. The highest BCUT2D eigenvalue weighted by Crippen LogP contribution is 2.12. The number of hydrogen-bond donors (Lipinski definition) is 4. The molecule has 0 aliphatic heterocycles. The van der Waals surface area contributed by atoms with Crippen LogP contribution < -0.4 is 21.3 Å². The van der Waals surface area contributed by atoms with Crippen LogP contribution in [0.5, 0.6) is 0 Å². The van der Waals surface area contributed by atoms with Crippen LogP contribution in [-0.4, -0.2) is 44.5 Å². The van der Waals surface area contributed by atoms with Gasteiger partial charge in [-0.15, -0.1) is 0 Å². The summed E-state index contributed by atoms with van der Waals surface area (Å²) < 4.78 is 10.1. The summed E-state index contributed by atoms with van der Waals surface area (Å²) in [5, 5.41) is 11.3. The predicted octanol–water partition coefficient (Wildman–Crippen LogP) is 2.64. The average molecular weight is 450 g/mol. The molecule has 3 aromatic rings. The number of nitrogens with one attached hydrogen (secondary N) is 4. The van der Waals surface area contributed by atoms with Crippen molar-refractivity contribution in [1.82, 2.24) is 10.6 Å². The highest BCUT2D eigenvalue weighted by Gasteiger charge is 2.08. The lowest BCUT2D eigenvalue weighted by Gasteiger charge is -2.10. The van der Waals surface area contributed by atoms with E-state index in [1.165, 1.54) is 0 Å². The molecule has 0 saturated heterocycles. The first-order valence-corrected chi connectivity index (χ1v) is 10.4. The predicted molar refractivity (Wildman–Crippen MR) is 124 cm³/mol. The van der Waals surface area contributed by atoms with Gasteiger partial charge in [-0.05, 0) is 60.7 Å². The Kier molecular flexibility index (Phi) is 8.61. The summed E-state index contributed by atoms with van der Waals surface area (Å²) in [6.07, 6.45) is 1.55. The van der Waals surface area contributed by atoms with Crippen LogP contribution >= 0.6 is 0 Å². The minimum Gasteiger partial charge on any atom is -0.467 e. The van der Waals surface area contributed by atoms with E-state index in [-0.39, 0.29) is 24.3 Å². The van der Waals surface area contributed by atoms with Crippen LogP contribution in [-0.2, 0) is 16.1 Å². The van der Waals surface area contributed by atoms with Crippen molar-refractivity contribution >= 4 is 29.1 Å². The van der Waals surface area contributed by atoms with Crippen LogP contribution in [0.15, 0.2) is 71.3 Å². The molecule has 1 aromatic heterocycles. The molecular weight excluding hydrogens is 424 g/mol. The number of rotatable bonds is 11. The maximum Gasteiger partial charge on any atom is 0.251 e. The summed E-state index contributed by atoms with van der Waals surface area (Å²) in [4.78, 5) is 36.4. The van der Waals surface area contributed by atoms with Gasteiger partial charge in [0.25, 0.3) is 11.8 Å². The largest absolute Gasteiger partial charge is 0.467 e. The summed E-state index contributed by atoms with van der Waals surface area (Å²) in [6, 6.07) is 17.0. The van der Waals surface area contributed by atoms with Crippen LogP contribution in [0.3, 0.4) is 0 Å². The maximum atomic E-state index is 12.2. The fraction of sp³-hybridized carbons (Fsp3) is 0.208. The van der Waals surface area contributed by atoms with Crippen molar-refractivity contribution in [3.63, 3.8) is 0 Å². The van der Waals surface area contributed by atoms with Gasteiger partial charge in [-0.25, -0.2) is 0 Å². The zero-order chi connectivity index (χ0) is 23.5. The molecule has 4 N–H and O–H groups in total. The van der Waals surface area contributed by atoms with E-state index in [0.717, 1.165) is 0 Å². The molecule has 0 radical (unpaired) electrons. The molecule has 0 bridgehead atoms. The number of amides is 3. The Bertz CT molecular complexity index is 1050. The lowest BCUT2D eigenvalue weighted by molar-refractivity contribution is -0.114. The third kappa shape index (κ3) is 7.51. The number of ether oxygens (including phenoxy) is 1. The lowest BCUT2D eigenvalue weighted by Crippen LogP contribution is -2.26. The van der Waals surface area contributed by atoms with Gasteiger partial charge in [-0.1, -0.05) is 0 Å². The fourth-order valence-electron chi connectivity index (χ4n) is 2.88. The molecule has 2 aromatic carbocycles. The first-order valence-electron chi connectivity index (χ1n) is 10.4. The van der Waals surface area contributed by atoms with Crippen LogP contribution in [0.2, 0.25) is 0 Å². The minimum absolute atomic E-state index is 0.0464. The summed E-state index contributed by atoms with van der Waals surface area (Å²) in [5.41, 5.74) is 2.29. The second kappa shape index (κ2) is 12.1. The van der Waals surface area contributed by atoms with Gasteiger partial charge in [0.05, 0.1) is 26.0 Å². The van der Waals surface area contributed by atoms with Crippen molar-refractivity contribution < 1.29 is 23.5 Å². The van der Waals surface area contributed by atoms with Crippen LogP contribution in [0.4, 0.5) is 11.4 Å². The van der Waals surface area contributed by atoms with Gasteiger partial charge in [0, 0.05) is 36.2 Å². The molecule has 33 heavy (non-hydrogen) atoms. The van der Waals surface area contributed by atoms with Crippen molar-refractivity contribution in [2.45, 2.75) is 6.54 Å². The highest BCUT2D eigenvalue weighted by molar-refractivity contribution is 5.97. The molecule has 172 valence electrons. The molecule has 0 aliphatic rings. The van der Waals surface area contributed by atoms with Crippen molar-refractivity contribution in [1.29, 1.82) is 0 Å². The second-order valence-electron chi connectivity index (χ2n) is 7.07. The quantitative estimate of drug-likeness (QED) is 0.333. The number of carbonyl (C=O) groups is 3. The standard InChI is InChI=1S/C24H26N4O5/c1-32-14-12-25-23(30)17-4-8-19(9-5-17)26-16-22(29)28-20-10-6-18(7-11-20)24(31)27-15-21-3-2-13-33-21/h2-11,13,26H,12,14-16H2,1H3,(H,25,30)(H,27,31)(H,28,29). The first kappa shape index (κ1) is 23.6. The van der Waals surface area contributed by atoms with Gasteiger partial charge < -0.3 is 30.4 Å². The molecule has 3 amide bonds. The van der Waals surface area contributed by atoms with E-state index in [0.29, 0.717) is 48.0 Å². The summed E-state index contributed by atoms with van der Waals surface area (Å²) >= 11 is 0. The molecule has 9 heteroatoms. The van der Waals surface area contributed by atoms with E-state index >= 15 is 0 Å². The Morgan fingerprint density at radius 1 is 0.848 bits per heavy atom. The number of hydrogen-bond acceptors (Lipinski definition) is 6. The lowest BCUT2D eigenvalue weighted by atomic mass is 10.2. The van der Waals surface area contributed by atoms with Gasteiger partial charge in [-0.3, -0.25) is 14.4 Å². The molecule has 1 heterocycles. The third-order valence-electron chi connectivity index (χ3n) is 4.63. The summed E-state index contributed by atoms with van der Waals surface area (Å²) in [6.45, 7) is 1.23. The van der Waals surface area contributed by atoms with Crippen LogP contribution in [0.25, 0.3) is 0 Å². The van der Waals surface area contributed by atoms with E-state index in [2.05, 4.69) is 21.3 Å². The Morgan fingerprint density at radius 2 is 1.48 bits per heavy atom. The fourth-order valence-corrected chi connectivity index (χ4v) is 2.88. The number of methoxy groups -OCH3 is 1. The Labute approximate surface area is 191 Å². The number of benzene rings is 2. The first-order chi connectivity index (χ1) is 16.0. The molecule has 0 saturated carbocycles. The second-order valence-corrected chi connectivity index (χ2v) is 7.07. The van der Waals surface area contributed by atoms with E-state index in [9.17, 15) is 14.4 Å². The highest BCUT2D eigenvalue weighted by atomic mass is 16.5. The summed E-state index contributed by atoms with van der Waals surface area (Å²) in [7, 11) is 1.57. The number of anilines is 2. The molecule has 3 rings (SSSR count). The monoisotopic (exact) mass is 450 g/mol. The van der Waals surface area contributed by atoms with E-state index < -0.39 is 0 Å². The van der Waals surface area contributed by atoms with Crippen molar-refractivity contribution in [3.05, 3.63) is 83.8 Å². The maximum absolute atomic E-state index is 12.2. The zero-order valence-corrected chi connectivity index (χ0v) is 18.2. The van der Waals surface area contributed by atoms with Crippen molar-refractivity contribution in [2.24, 2.45) is 0 Å². The normalized spacial score (nSPS) is 10.3. The van der Waals surface area contributed by atoms with E-state index in [1.54, 1.807) is 74.0 Å². The molecule has 0 spiro atoms. The van der Waals surface area contributed by atoms with Gasteiger partial charge >= 0.3 is 0 Å². The SMILES string of the molecule is COCCNC(=O)c1ccc(NCC(=O)Nc2ccc(C(=O)NCc3ccco3)cc2)cc1. The minimum atomic E-state index is -0.244. The van der Waals surface area contributed by atoms with Gasteiger partial charge in [-0.2, -0.15) is 0 Å². The zero-order valence-electron chi connectivity index (χ0n) is 18.2. The van der Waals surface area contributed by atoms with Crippen molar-refractivity contribution in [2.75, 3.05) is 37.4 Å².